The van der Waals surface area contributed by atoms with E-state index in [0.29, 0.717) is 12.8 Å². The number of hydrogen-bond acceptors (Lipinski definition) is 16. The molecule has 0 bridgehead atoms. The summed E-state index contributed by atoms with van der Waals surface area (Å²) < 4.78 is 229. The first-order valence-corrected chi connectivity index (χ1v) is 42.7. The molecule has 1 fully saturated rings. The van der Waals surface area contributed by atoms with Crippen molar-refractivity contribution in [3.05, 3.63) is 248 Å². The molecule has 6 atom stereocenters. The van der Waals surface area contributed by atoms with Gasteiger partial charge in [-0.05, 0) is 258 Å². The molecule has 4 aliphatic rings. The highest BCUT2D eigenvalue weighted by Crippen LogP contribution is 2.48. The van der Waals surface area contributed by atoms with Crippen LogP contribution in [0.4, 0.5) is 52.7 Å². The number of benzene rings is 6. The molecule has 1 N–H and O–H groups in total. The smallest absolute Gasteiger partial charge is 0.478 e. The van der Waals surface area contributed by atoms with Crippen LogP contribution in [-0.4, -0.2) is 168 Å². The highest BCUT2D eigenvalue weighted by molar-refractivity contribution is 7.88. The molecule has 3 aromatic heterocycles. The first-order chi connectivity index (χ1) is 59.2. The van der Waals surface area contributed by atoms with E-state index in [1.807, 2.05) is 113 Å². The molecule has 20 nitrogen and oxygen atoms in total. The zero-order valence-electron chi connectivity index (χ0n) is 74.0. The maximum atomic E-state index is 15.6. The van der Waals surface area contributed by atoms with Crippen molar-refractivity contribution >= 4 is 58.8 Å². The van der Waals surface area contributed by atoms with Crippen LogP contribution < -0.4 is 9.65 Å². The molecule has 9 aromatic rings. The first kappa shape index (κ1) is 101. The largest absolute Gasteiger partial charge is 0.534 e. The molecule has 128 heavy (non-hydrogen) atoms. The summed E-state index contributed by atoms with van der Waals surface area (Å²) in [7, 11) is -3.89. The van der Waals surface area contributed by atoms with Gasteiger partial charge in [-0.1, -0.05) is 49.9 Å². The minimum absolute atomic E-state index is 0. The Morgan fingerprint density at radius 2 is 0.797 bits per heavy atom. The van der Waals surface area contributed by atoms with Gasteiger partial charge in [0.25, 0.3) is 0 Å². The Morgan fingerprint density at radius 3 is 1.09 bits per heavy atom. The zero-order chi connectivity index (χ0) is 93.7. The number of rotatable bonds is 23. The van der Waals surface area contributed by atoms with Crippen molar-refractivity contribution in [2.75, 3.05) is 33.9 Å². The highest BCUT2D eigenvalue weighted by atomic mass is 32.2. The fourth-order valence-electron chi connectivity index (χ4n) is 15.9. The van der Waals surface area contributed by atoms with Gasteiger partial charge >= 0.3 is 40.7 Å². The average molecular weight is 1810 g/mol. The van der Waals surface area contributed by atoms with E-state index in [1.54, 1.807) is 19.3 Å². The second-order valence-corrected chi connectivity index (χ2v) is 36.2. The van der Waals surface area contributed by atoms with Crippen molar-refractivity contribution < 1.29 is 104 Å². The van der Waals surface area contributed by atoms with E-state index in [-0.39, 0.29) is 103 Å². The first-order valence-electron chi connectivity index (χ1n) is 41.3. The predicted octanol–water partition coefficient (Wildman–Crippen LogP) is 19.5. The summed E-state index contributed by atoms with van der Waals surface area (Å²) in [6.45, 7) is 30.3. The average Bonchev–Trinajstić information content (AvgIpc) is 0.899. The van der Waals surface area contributed by atoms with Crippen LogP contribution in [0.1, 0.15) is 203 Å². The Kier molecular flexibility index (Phi) is 32.0. The fourth-order valence-corrected chi connectivity index (χ4v) is 16.3. The summed E-state index contributed by atoms with van der Waals surface area (Å²) in [4.78, 5) is 38.8. The lowest BCUT2D eigenvalue weighted by Gasteiger charge is -2.44. The minimum Gasteiger partial charge on any atom is -0.478 e. The van der Waals surface area contributed by atoms with E-state index in [0.717, 1.165) is 143 Å². The van der Waals surface area contributed by atoms with Gasteiger partial charge in [0, 0.05) is 134 Å². The number of aromatic nitrogens is 6. The molecular formula is C94H110BF12N9O11S. The van der Waals surface area contributed by atoms with Crippen molar-refractivity contribution in [1.29, 1.82) is 0 Å². The van der Waals surface area contributed by atoms with Crippen molar-refractivity contribution in [1.82, 2.24) is 44.0 Å². The van der Waals surface area contributed by atoms with Gasteiger partial charge in [-0.3, -0.25) is 28.7 Å². The molecule has 4 aliphatic heterocycles. The van der Waals surface area contributed by atoms with Crippen molar-refractivity contribution in [2.24, 2.45) is 0 Å². The van der Waals surface area contributed by atoms with Gasteiger partial charge < -0.3 is 28.1 Å². The summed E-state index contributed by atoms with van der Waals surface area (Å²) in [5.74, 6) is -8.37. The number of carbonyl (C=O) groups is 3. The molecule has 0 spiro atoms. The van der Waals surface area contributed by atoms with Crippen LogP contribution in [-0.2, 0) is 82.2 Å². The van der Waals surface area contributed by atoms with Crippen molar-refractivity contribution in [2.45, 2.75) is 227 Å². The number of hydrogen-bond donors (Lipinski definition) is 1. The third-order valence-corrected chi connectivity index (χ3v) is 23.5. The number of aliphatic carboxylic acids is 1. The summed E-state index contributed by atoms with van der Waals surface area (Å²) >= 11 is 0. The topological polar surface area (TPSA) is 215 Å². The van der Waals surface area contributed by atoms with Crippen LogP contribution in [0.25, 0.3) is 40.5 Å². The summed E-state index contributed by atoms with van der Waals surface area (Å²) in [6, 6.07) is 17.6. The number of carbonyl (C=O) groups excluding carboxylic acids is 2. The third-order valence-electron chi connectivity index (χ3n) is 22.5. The lowest BCUT2D eigenvalue weighted by Crippen LogP contribution is -2.48. The number of alkyl halides is 6. The zero-order valence-corrected chi connectivity index (χ0v) is 74.8. The normalized spacial score (nSPS) is 18.9. The second kappa shape index (κ2) is 40.6. The Hall–Kier alpha value is -10.6. The summed E-state index contributed by atoms with van der Waals surface area (Å²) in [6.07, 6.45) is 19.1. The molecule has 0 aliphatic carbocycles. The molecule has 34 heteroatoms. The monoisotopic (exact) mass is 1810 g/mol. The van der Waals surface area contributed by atoms with Crippen LogP contribution >= 0.6 is 0 Å². The van der Waals surface area contributed by atoms with E-state index in [9.17, 15) is 49.1 Å². The number of carboxylic acids is 1. The maximum absolute atomic E-state index is 15.6. The second-order valence-electron chi connectivity index (χ2n) is 34.7. The van der Waals surface area contributed by atoms with E-state index < -0.39 is 121 Å². The van der Waals surface area contributed by atoms with E-state index in [2.05, 4.69) is 63.6 Å². The van der Waals surface area contributed by atoms with Crippen LogP contribution in [0.2, 0.25) is 0 Å². The molecule has 7 heterocycles. The molecular weight excluding hydrogens is 1700 g/mol. The van der Waals surface area contributed by atoms with Crippen molar-refractivity contribution in [3.63, 3.8) is 0 Å². The SMILES string of the molecule is C.CCn1cc(-c2ccc3c(c2)CC(C)N(CC(C)(C)F)C3c2c(F)cc(/C=C/C(=O)O)cc2F)cn1.CCn1cc(-c2ccc3c(c2)CC(C)N(CC(C)(C)F)C3c2c(F)cc(/C=C/C(=O)OC)cc2F)cn1.CCn1cc(B2OC(C)(C)C(C)(C)O2)cn1.COC(=O)/C=C/c1cc(F)c(C2c3ccc(OS(=O)(=O)C(F)(F)F)cc3CC(C)N2CC(C)(C)F)c(F)c1. The Balaban J connectivity index is 0.000000199. The molecule has 690 valence electrons. The highest BCUT2D eigenvalue weighted by Gasteiger charge is 2.53. The van der Waals surface area contributed by atoms with Crippen LogP contribution in [0.3, 0.4) is 0 Å². The van der Waals surface area contributed by atoms with Gasteiger partial charge in [-0.25, -0.2) is 53.9 Å². The lowest BCUT2D eigenvalue weighted by atomic mass is 9.82. The standard InChI is InChI=1S/C29H32F3N3O2.C28H30F3N3O2.C25H25F6NO5S.C11H19BN2O2.CH4/c1-6-34-16-22(15-33-34)20-8-9-23-21(14-20)11-18(2)35(17-29(3,4)32)28(23)27-24(30)12-19(13-25(27)31)7-10-26(36)37-5;1-5-33-15-21(14-32-33)19-7-8-22-20(13-19)10-17(2)34(16-28(3,4)31)27(22)26-23(29)11-18(12-24(26)30)6-9-25(35)36;1-14-9-16-12-17(37-38(34,35)25(29,30)31)6-7-18(16)23(32(14)13-24(2,3)28)22-19(26)10-15(11-20(22)27)5-8-21(33)36-4;1-6-14-8-9(7-13-14)12-15-10(2,3)11(4,5)16-12;/h7-10,12-16,18,28H,6,11,17H2,1-5H3;6-9,11-15,17,27H,5,10,16H2,1-4H3,(H,35,36);5-8,10-12,14,23H,9,13H2,1-4H3;7-8H,6H2,1-5H3;1H4/b10-7+;9-6+;8-5+;;. The third kappa shape index (κ3) is 24.5. The van der Waals surface area contributed by atoms with Gasteiger partial charge in [-0.2, -0.15) is 36.9 Å². The number of ether oxygens (including phenoxy) is 2. The number of methoxy groups -OCH3 is 2. The molecule has 0 amide bonds. The Morgan fingerprint density at radius 1 is 0.484 bits per heavy atom. The van der Waals surface area contributed by atoms with Gasteiger partial charge in [0.1, 0.15) is 57.7 Å². The molecule has 6 aromatic carbocycles. The number of halogens is 12. The van der Waals surface area contributed by atoms with Crippen molar-refractivity contribution in [3.8, 4) is 28.0 Å². The summed E-state index contributed by atoms with van der Waals surface area (Å²) in [5, 5.41) is 21.8. The van der Waals surface area contributed by atoms with Crippen LogP contribution in [0.5, 0.6) is 5.75 Å². The predicted molar refractivity (Wildman–Crippen MR) is 468 cm³/mol. The van der Waals surface area contributed by atoms with Gasteiger partial charge in [0.05, 0.1) is 55.9 Å². The minimum atomic E-state index is -5.94. The quantitative estimate of drug-likeness (QED) is 0.0157. The summed E-state index contributed by atoms with van der Waals surface area (Å²) in [5.41, 5.74) is -2.96. The maximum Gasteiger partial charge on any atom is 0.534 e. The number of esters is 2. The fraction of sp³-hybridized carbons (Fsp3) is 0.426. The lowest BCUT2D eigenvalue weighted by molar-refractivity contribution is -0.135. The molecule has 13 rings (SSSR count). The van der Waals surface area contributed by atoms with E-state index in [1.165, 1.54) is 77.8 Å². The molecule has 6 unspecified atom stereocenters. The number of nitrogens with zero attached hydrogens (tertiary/aromatic N) is 9. The Bertz CT molecular complexity index is 5610. The molecule has 0 radical (unpaired) electrons. The van der Waals surface area contributed by atoms with Crippen LogP contribution in [0.15, 0.2) is 146 Å². The number of fused-ring (bicyclic) bond motifs is 3. The Labute approximate surface area is 739 Å². The van der Waals surface area contributed by atoms with E-state index >= 15 is 26.3 Å². The number of aryl methyl sites for hydroxylation is 3. The van der Waals surface area contributed by atoms with Gasteiger partial charge in [0.15, 0.2) is 0 Å². The number of carboxylic acid groups (broad SMARTS) is 1. The molecule has 0 saturated carbocycles. The van der Waals surface area contributed by atoms with Gasteiger partial charge in [-0.15, -0.1) is 0 Å². The van der Waals surface area contributed by atoms with E-state index in [4.69, 9.17) is 14.4 Å². The molecule has 1 saturated heterocycles. The van der Waals surface area contributed by atoms with Gasteiger partial charge in [0.2, 0.25) is 0 Å². The van der Waals surface area contributed by atoms with Crippen LogP contribution in [0, 0.1) is 34.9 Å².